The van der Waals surface area contributed by atoms with Crippen LogP contribution in [0.25, 0.3) is 0 Å². The summed E-state index contributed by atoms with van der Waals surface area (Å²) in [6.07, 6.45) is 0.256. The second-order valence-corrected chi connectivity index (χ2v) is 5.50. The molecule has 1 unspecified atom stereocenters. The molecule has 0 aliphatic carbocycles. The summed E-state index contributed by atoms with van der Waals surface area (Å²) in [4.78, 5) is 13.5. The lowest BCUT2D eigenvalue weighted by Gasteiger charge is -2.25. The number of halogens is 2. The van der Waals surface area contributed by atoms with Crippen LogP contribution in [0, 0.1) is 0 Å². The molecule has 1 aromatic rings. The van der Waals surface area contributed by atoms with Crippen LogP contribution >= 0.6 is 15.9 Å². The summed E-state index contributed by atoms with van der Waals surface area (Å²) < 4.78 is 15.2. The molecule has 5 heteroatoms. The molecule has 0 bridgehead atoms. The molecular formula is C13H16BrFN2O. The molecule has 1 fully saturated rings. The van der Waals surface area contributed by atoms with Crippen LogP contribution in [0.2, 0.25) is 0 Å². The molecule has 1 heterocycles. The van der Waals surface area contributed by atoms with Crippen LogP contribution in [-0.4, -0.2) is 36.6 Å². The highest BCUT2D eigenvalue weighted by molar-refractivity contribution is 9.10. The molecule has 1 atom stereocenters. The van der Waals surface area contributed by atoms with E-state index in [1.807, 2.05) is 24.3 Å². The Morgan fingerprint density at radius 2 is 2.28 bits per heavy atom. The van der Waals surface area contributed by atoms with Crippen LogP contribution in [0.3, 0.4) is 0 Å². The second-order valence-electron chi connectivity index (χ2n) is 4.64. The lowest BCUT2D eigenvalue weighted by Crippen LogP contribution is -2.45. The normalized spacial score (nSPS) is 23.1. The Balaban J connectivity index is 2.06. The van der Waals surface area contributed by atoms with Crippen molar-refractivity contribution in [2.45, 2.75) is 18.6 Å². The number of hydrogen-bond donors (Lipinski definition) is 1. The van der Waals surface area contributed by atoms with Gasteiger partial charge >= 0.3 is 0 Å². The standard InChI is InChI=1S/C13H16BrFN2O/c1-17(8-10-4-2-3-5-11(10)14)12(18)13(15)6-7-16-9-13/h2-5,16H,6-9H2,1H3. The largest absolute Gasteiger partial charge is 0.339 e. The third kappa shape index (κ3) is 2.72. The van der Waals surface area contributed by atoms with E-state index in [0.717, 1.165) is 10.0 Å². The fraction of sp³-hybridized carbons (Fsp3) is 0.462. The van der Waals surface area contributed by atoms with Gasteiger partial charge in [0.1, 0.15) is 0 Å². The zero-order chi connectivity index (χ0) is 13.2. The van der Waals surface area contributed by atoms with Gasteiger partial charge in [-0.05, 0) is 18.2 Å². The third-order valence-corrected chi connectivity index (χ3v) is 3.97. The fourth-order valence-electron chi connectivity index (χ4n) is 2.14. The molecule has 1 saturated heterocycles. The number of nitrogens with one attached hydrogen (secondary N) is 1. The quantitative estimate of drug-likeness (QED) is 0.926. The van der Waals surface area contributed by atoms with E-state index >= 15 is 0 Å². The molecular weight excluding hydrogens is 299 g/mol. The number of carbonyl (C=O) groups is 1. The summed E-state index contributed by atoms with van der Waals surface area (Å²) in [6, 6.07) is 7.65. The number of rotatable bonds is 3. The number of alkyl halides is 1. The van der Waals surface area contributed by atoms with Crippen molar-refractivity contribution in [2.75, 3.05) is 20.1 Å². The molecule has 3 nitrogen and oxygen atoms in total. The molecule has 1 N–H and O–H groups in total. The topological polar surface area (TPSA) is 32.3 Å². The van der Waals surface area contributed by atoms with Crippen molar-refractivity contribution in [2.24, 2.45) is 0 Å². The molecule has 0 spiro atoms. The third-order valence-electron chi connectivity index (χ3n) is 3.20. The highest BCUT2D eigenvalue weighted by Crippen LogP contribution is 2.24. The average Bonchev–Trinajstić information content (AvgIpc) is 2.79. The van der Waals surface area contributed by atoms with Gasteiger partial charge < -0.3 is 10.2 Å². The van der Waals surface area contributed by atoms with Crippen LogP contribution < -0.4 is 5.32 Å². The molecule has 1 amide bonds. The smallest absolute Gasteiger partial charge is 0.261 e. The first kappa shape index (κ1) is 13.5. The predicted molar refractivity (Wildman–Crippen MR) is 71.9 cm³/mol. The van der Waals surface area contributed by atoms with Crippen molar-refractivity contribution in [3.63, 3.8) is 0 Å². The van der Waals surface area contributed by atoms with Crippen molar-refractivity contribution in [3.05, 3.63) is 34.3 Å². The van der Waals surface area contributed by atoms with E-state index in [0.29, 0.717) is 13.1 Å². The monoisotopic (exact) mass is 314 g/mol. The highest BCUT2D eigenvalue weighted by atomic mass is 79.9. The van der Waals surface area contributed by atoms with Gasteiger partial charge in [0.25, 0.3) is 5.91 Å². The van der Waals surface area contributed by atoms with E-state index in [9.17, 15) is 9.18 Å². The highest BCUT2D eigenvalue weighted by Gasteiger charge is 2.43. The number of amides is 1. The first-order valence-electron chi connectivity index (χ1n) is 5.91. The summed E-state index contributed by atoms with van der Waals surface area (Å²) in [5, 5.41) is 2.89. The van der Waals surface area contributed by atoms with Gasteiger partial charge in [0.05, 0.1) is 0 Å². The van der Waals surface area contributed by atoms with E-state index in [1.54, 1.807) is 7.05 Å². The van der Waals surface area contributed by atoms with Crippen molar-refractivity contribution in [3.8, 4) is 0 Å². The number of benzene rings is 1. The van der Waals surface area contributed by atoms with Crippen LogP contribution in [0.4, 0.5) is 4.39 Å². The molecule has 1 aliphatic rings. The molecule has 0 aromatic heterocycles. The van der Waals surface area contributed by atoms with E-state index in [-0.39, 0.29) is 13.0 Å². The molecule has 1 aromatic carbocycles. The van der Waals surface area contributed by atoms with Crippen molar-refractivity contribution < 1.29 is 9.18 Å². The van der Waals surface area contributed by atoms with Gasteiger partial charge in [-0.1, -0.05) is 34.1 Å². The van der Waals surface area contributed by atoms with E-state index in [1.165, 1.54) is 4.90 Å². The van der Waals surface area contributed by atoms with Crippen LogP contribution in [0.15, 0.2) is 28.7 Å². The van der Waals surface area contributed by atoms with E-state index in [4.69, 9.17) is 0 Å². The average molecular weight is 315 g/mol. The Labute approximate surface area is 114 Å². The summed E-state index contributed by atoms with van der Waals surface area (Å²) in [7, 11) is 1.64. The lowest BCUT2D eigenvalue weighted by molar-refractivity contribution is -0.142. The van der Waals surface area contributed by atoms with Crippen molar-refractivity contribution in [1.82, 2.24) is 10.2 Å². The number of carbonyl (C=O) groups excluding carboxylic acids is 1. The Morgan fingerprint density at radius 1 is 1.56 bits per heavy atom. The molecule has 1 aliphatic heterocycles. The van der Waals surface area contributed by atoms with Gasteiger partial charge in [-0.25, -0.2) is 4.39 Å². The molecule has 0 radical (unpaired) electrons. The van der Waals surface area contributed by atoms with Gasteiger partial charge in [-0.3, -0.25) is 4.79 Å². The fourth-order valence-corrected chi connectivity index (χ4v) is 2.55. The molecule has 2 rings (SSSR count). The van der Waals surface area contributed by atoms with Crippen molar-refractivity contribution in [1.29, 1.82) is 0 Å². The Kier molecular flexibility index (Phi) is 4.02. The maximum Gasteiger partial charge on any atom is 0.261 e. The van der Waals surface area contributed by atoms with Crippen LogP contribution in [0.1, 0.15) is 12.0 Å². The van der Waals surface area contributed by atoms with Gasteiger partial charge in [0.15, 0.2) is 0 Å². The zero-order valence-corrected chi connectivity index (χ0v) is 11.8. The summed E-state index contributed by atoms with van der Waals surface area (Å²) in [5.74, 6) is -0.441. The van der Waals surface area contributed by atoms with Gasteiger partial charge in [-0.15, -0.1) is 0 Å². The van der Waals surface area contributed by atoms with Crippen LogP contribution in [-0.2, 0) is 11.3 Å². The van der Waals surface area contributed by atoms with Gasteiger partial charge in [0, 0.05) is 31.0 Å². The first-order chi connectivity index (χ1) is 8.53. The van der Waals surface area contributed by atoms with Crippen LogP contribution in [0.5, 0.6) is 0 Å². The summed E-state index contributed by atoms with van der Waals surface area (Å²) >= 11 is 3.43. The first-order valence-corrected chi connectivity index (χ1v) is 6.71. The number of hydrogen-bond acceptors (Lipinski definition) is 2. The zero-order valence-electron chi connectivity index (χ0n) is 10.2. The summed E-state index contributed by atoms with van der Waals surface area (Å²) in [6.45, 7) is 1.09. The maximum atomic E-state index is 14.3. The Bertz CT molecular complexity index is 446. The summed E-state index contributed by atoms with van der Waals surface area (Å²) in [5.41, 5.74) is -0.765. The maximum absolute atomic E-state index is 14.3. The predicted octanol–water partition coefficient (Wildman–Crippen LogP) is 2.11. The number of nitrogens with zero attached hydrogens (tertiary/aromatic N) is 1. The van der Waals surface area contributed by atoms with Gasteiger partial charge in [-0.2, -0.15) is 0 Å². The lowest BCUT2D eigenvalue weighted by atomic mass is 10.0. The Hall–Kier alpha value is -0.940. The minimum absolute atomic E-state index is 0.117. The van der Waals surface area contributed by atoms with Crippen molar-refractivity contribution >= 4 is 21.8 Å². The van der Waals surface area contributed by atoms with Gasteiger partial charge in [0.2, 0.25) is 5.67 Å². The Morgan fingerprint density at radius 3 is 2.89 bits per heavy atom. The molecule has 18 heavy (non-hydrogen) atoms. The molecule has 0 saturated carbocycles. The van der Waals surface area contributed by atoms with E-state index in [2.05, 4.69) is 21.2 Å². The minimum atomic E-state index is -1.74. The van der Waals surface area contributed by atoms with E-state index < -0.39 is 11.6 Å². The minimum Gasteiger partial charge on any atom is -0.339 e. The second kappa shape index (κ2) is 5.36. The molecule has 98 valence electrons. The SMILES string of the molecule is CN(Cc1ccccc1Br)C(=O)C1(F)CCNC1.